The Morgan fingerprint density at radius 3 is 2.62 bits per heavy atom. The highest BCUT2D eigenvalue weighted by atomic mass is 32.2. The van der Waals surface area contributed by atoms with Crippen LogP contribution in [0.15, 0.2) is 35.4 Å². The second-order valence-corrected chi connectivity index (χ2v) is 6.56. The first-order chi connectivity index (χ1) is 9.77. The SMILES string of the molecule is Cn1ccc(CNc2ccc(S(C)(=O)=O)cc2[N+](=O)[O-])n1. The number of nitro groups is 1. The molecule has 112 valence electrons. The summed E-state index contributed by atoms with van der Waals surface area (Å²) < 4.78 is 24.5. The van der Waals surface area contributed by atoms with Crippen LogP contribution in [0.4, 0.5) is 11.4 Å². The van der Waals surface area contributed by atoms with Crippen molar-refractivity contribution in [3.63, 3.8) is 0 Å². The number of nitrogens with zero attached hydrogens (tertiary/aromatic N) is 3. The minimum Gasteiger partial charge on any atom is -0.374 e. The van der Waals surface area contributed by atoms with E-state index in [-0.39, 0.29) is 16.3 Å². The molecule has 0 saturated heterocycles. The molecule has 0 bridgehead atoms. The molecule has 0 amide bonds. The highest BCUT2D eigenvalue weighted by molar-refractivity contribution is 7.90. The topological polar surface area (TPSA) is 107 Å². The third-order valence-corrected chi connectivity index (χ3v) is 3.93. The predicted molar refractivity (Wildman–Crippen MR) is 76.7 cm³/mol. The fourth-order valence-corrected chi connectivity index (χ4v) is 2.43. The Hall–Kier alpha value is -2.42. The van der Waals surface area contributed by atoms with E-state index in [4.69, 9.17) is 0 Å². The number of sulfone groups is 1. The second kappa shape index (κ2) is 5.52. The first kappa shape index (κ1) is 15.0. The maximum atomic E-state index is 11.4. The zero-order valence-corrected chi connectivity index (χ0v) is 12.3. The normalized spacial score (nSPS) is 11.3. The maximum absolute atomic E-state index is 11.4. The van der Waals surface area contributed by atoms with E-state index in [1.54, 1.807) is 24.0 Å². The van der Waals surface area contributed by atoms with Crippen molar-refractivity contribution in [2.45, 2.75) is 11.4 Å². The molecule has 9 heteroatoms. The number of anilines is 1. The van der Waals surface area contributed by atoms with Gasteiger partial charge in [0.1, 0.15) is 5.69 Å². The molecule has 21 heavy (non-hydrogen) atoms. The Balaban J connectivity index is 2.28. The number of nitro benzene ring substituents is 1. The molecule has 0 saturated carbocycles. The molecule has 1 heterocycles. The first-order valence-corrected chi connectivity index (χ1v) is 7.87. The smallest absolute Gasteiger partial charge is 0.293 e. The zero-order chi connectivity index (χ0) is 15.6. The van der Waals surface area contributed by atoms with E-state index in [0.717, 1.165) is 18.0 Å². The van der Waals surface area contributed by atoms with E-state index in [2.05, 4.69) is 10.4 Å². The molecule has 1 aromatic heterocycles. The first-order valence-electron chi connectivity index (χ1n) is 5.98. The summed E-state index contributed by atoms with van der Waals surface area (Å²) in [5.41, 5.74) is 0.686. The number of rotatable bonds is 5. The van der Waals surface area contributed by atoms with Gasteiger partial charge in [0.15, 0.2) is 9.84 Å². The second-order valence-electron chi connectivity index (χ2n) is 4.54. The van der Waals surface area contributed by atoms with E-state index < -0.39 is 14.8 Å². The van der Waals surface area contributed by atoms with Gasteiger partial charge >= 0.3 is 0 Å². The summed E-state index contributed by atoms with van der Waals surface area (Å²) >= 11 is 0. The Morgan fingerprint density at radius 2 is 2.10 bits per heavy atom. The van der Waals surface area contributed by atoms with Gasteiger partial charge < -0.3 is 5.32 Å². The number of benzene rings is 1. The minimum atomic E-state index is -3.49. The molecule has 0 atom stereocenters. The summed E-state index contributed by atoms with van der Waals surface area (Å²) in [7, 11) is -1.72. The molecular weight excluding hydrogens is 296 g/mol. The van der Waals surface area contributed by atoms with Gasteiger partial charge in [-0.05, 0) is 18.2 Å². The van der Waals surface area contributed by atoms with Gasteiger partial charge in [-0.1, -0.05) is 0 Å². The van der Waals surface area contributed by atoms with Crippen molar-refractivity contribution >= 4 is 21.2 Å². The van der Waals surface area contributed by atoms with E-state index >= 15 is 0 Å². The van der Waals surface area contributed by atoms with Gasteiger partial charge in [-0.25, -0.2) is 8.42 Å². The van der Waals surface area contributed by atoms with E-state index in [1.165, 1.54) is 12.1 Å². The molecule has 0 aliphatic heterocycles. The van der Waals surface area contributed by atoms with Crippen LogP contribution in [0.3, 0.4) is 0 Å². The highest BCUT2D eigenvalue weighted by Gasteiger charge is 2.18. The molecule has 0 aliphatic carbocycles. The van der Waals surface area contributed by atoms with Gasteiger partial charge in [-0.15, -0.1) is 0 Å². The van der Waals surface area contributed by atoms with Gasteiger partial charge in [0.25, 0.3) is 5.69 Å². The molecule has 0 aliphatic rings. The van der Waals surface area contributed by atoms with Crippen molar-refractivity contribution in [3.8, 4) is 0 Å². The number of aryl methyl sites for hydroxylation is 1. The Kier molecular flexibility index (Phi) is 3.94. The number of hydrogen-bond donors (Lipinski definition) is 1. The number of aromatic nitrogens is 2. The van der Waals surface area contributed by atoms with Crippen LogP contribution in [0, 0.1) is 10.1 Å². The summed E-state index contributed by atoms with van der Waals surface area (Å²) in [6.45, 7) is 0.305. The molecule has 2 aromatic rings. The number of hydrogen-bond acceptors (Lipinski definition) is 6. The Morgan fingerprint density at radius 1 is 1.38 bits per heavy atom. The van der Waals surface area contributed by atoms with Gasteiger partial charge in [-0.2, -0.15) is 5.10 Å². The lowest BCUT2D eigenvalue weighted by atomic mass is 10.2. The fraction of sp³-hybridized carbons (Fsp3) is 0.250. The summed E-state index contributed by atoms with van der Waals surface area (Å²) in [5.74, 6) is 0. The van der Waals surface area contributed by atoms with Crippen molar-refractivity contribution < 1.29 is 13.3 Å². The lowest BCUT2D eigenvalue weighted by Crippen LogP contribution is -2.05. The lowest BCUT2D eigenvalue weighted by molar-refractivity contribution is -0.384. The van der Waals surface area contributed by atoms with Crippen molar-refractivity contribution in [1.82, 2.24) is 9.78 Å². The quantitative estimate of drug-likeness (QED) is 0.659. The molecule has 8 nitrogen and oxygen atoms in total. The van der Waals surface area contributed by atoms with E-state index in [9.17, 15) is 18.5 Å². The van der Waals surface area contributed by atoms with Gasteiger partial charge in [-0.3, -0.25) is 14.8 Å². The highest BCUT2D eigenvalue weighted by Crippen LogP contribution is 2.27. The summed E-state index contributed by atoms with van der Waals surface area (Å²) in [6.07, 6.45) is 2.77. The van der Waals surface area contributed by atoms with Crippen LogP contribution in [0.1, 0.15) is 5.69 Å². The molecule has 1 N–H and O–H groups in total. The van der Waals surface area contributed by atoms with Crippen LogP contribution < -0.4 is 5.32 Å². The van der Waals surface area contributed by atoms with Crippen LogP contribution in [0.2, 0.25) is 0 Å². The maximum Gasteiger partial charge on any atom is 0.293 e. The van der Waals surface area contributed by atoms with Gasteiger partial charge in [0, 0.05) is 25.6 Å². The Labute approximate surface area is 121 Å². The fourth-order valence-electron chi connectivity index (χ4n) is 1.79. The van der Waals surface area contributed by atoms with Crippen LogP contribution >= 0.6 is 0 Å². The van der Waals surface area contributed by atoms with Crippen LogP contribution in [-0.4, -0.2) is 29.4 Å². The molecular formula is C12H14N4O4S. The van der Waals surface area contributed by atoms with Crippen molar-refractivity contribution in [2.24, 2.45) is 7.05 Å². The molecule has 0 unspecified atom stereocenters. The average molecular weight is 310 g/mol. The van der Waals surface area contributed by atoms with Crippen molar-refractivity contribution in [2.75, 3.05) is 11.6 Å². The van der Waals surface area contributed by atoms with Crippen LogP contribution in [-0.2, 0) is 23.4 Å². The van der Waals surface area contributed by atoms with Crippen molar-refractivity contribution in [1.29, 1.82) is 0 Å². The molecule has 0 fully saturated rings. The van der Waals surface area contributed by atoms with Crippen LogP contribution in [0.5, 0.6) is 0 Å². The predicted octanol–water partition coefficient (Wildman–Crippen LogP) is 1.34. The summed E-state index contributed by atoms with van der Waals surface area (Å²) in [4.78, 5) is 10.4. The van der Waals surface area contributed by atoms with Crippen LogP contribution in [0.25, 0.3) is 0 Å². The molecule has 0 spiro atoms. The largest absolute Gasteiger partial charge is 0.374 e. The van der Waals surface area contributed by atoms with Gasteiger partial charge in [0.2, 0.25) is 0 Å². The van der Waals surface area contributed by atoms with Crippen molar-refractivity contribution in [3.05, 3.63) is 46.3 Å². The average Bonchev–Trinajstić information content (AvgIpc) is 2.80. The molecule has 0 radical (unpaired) electrons. The minimum absolute atomic E-state index is 0.0856. The van der Waals surface area contributed by atoms with E-state index in [1.807, 2.05) is 0 Å². The summed E-state index contributed by atoms with van der Waals surface area (Å²) in [5, 5.41) is 18.1. The van der Waals surface area contributed by atoms with Gasteiger partial charge in [0.05, 0.1) is 22.1 Å². The molecule has 1 aromatic carbocycles. The third kappa shape index (κ3) is 3.57. The standard InChI is InChI=1S/C12H14N4O4S/c1-15-6-5-9(14-15)8-13-11-4-3-10(21(2,19)20)7-12(11)16(17)18/h3-7,13H,8H2,1-2H3. The summed E-state index contributed by atoms with van der Waals surface area (Å²) in [6, 6.07) is 5.56. The molecule has 2 rings (SSSR count). The lowest BCUT2D eigenvalue weighted by Gasteiger charge is -2.07. The number of nitrogens with one attached hydrogen (secondary N) is 1. The third-order valence-electron chi connectivity index (χ3n) is 2.82. The van der Waals surface area contributed by atoms with E-state index in [0.29, 0.717) is 6.54 Å². The monoisotopic (exact) mass is 310 g/mol. The zero-order valence-electron chi connectivity index (χ0n) is 11.5. The Bertz CT molecular complexity index is 782.